The van der Waals surface area contributed by atoms with Crippen LogP contribution in [0.4, 0.5) is 10.6 Å². The maximum Gasteiger partial charge on any atom is 0.413 e. The number of rotatable bonds is 4. The summed E-state index contributed by atoms with van der Waals surface area (Å²) in [7, 11) is 0. The van der Waals surface area contributed by atoms with Crippen molar-refractivity contribution < 1.29 is 9.53 Å². The first kappa shape index (κ1) is 13.5. The molecule has 1 amide bonds. The summed E-state index contributed by atoms with van der Waals surface area (Å²) in [5.41, 5.74) is 1.99. The van der Waals surface area contributed by atoms with Crippen LogP contribution >= 0.6 is 15.9 Å². The van der Waals surface area contributed by atoms with E-state index in [1.54, 1.807) is 12.3 Å². The number of halogens is 1. The minimum Gasteiger partial charge on any atom is -0.444 e. The van der Waals surface area contributed by atoms with E-state index >= 15 is 0 Å². The van der Waals surface area contributed by atoms with Crippen molar-refractivity contribution in [3.05, 3.63) is 59.8 Å². The fourth-order valence-corrected chi connectivity index (χ4v) is 1.77. The lowest BCUT2D eigenvalue weighted by atomic mass is 10.2. The molecule has 19 heavy (non-hydrogen) atoms. The van der Waals surface area contributed by atoms with Gasteiger partial charge in [-0.1, -0.05) is 52.3 Å². The molecule has 0 radical (unpaired) electrons. The number of benzene rings is 1. The summed E-state index contributed by atoms with van der Waals surface area (Å²) in [6.45, 7) is 0.242. The topological polar surface area (TPSA) is 51.2 Å². The van der Waals surface area contributed by atoms with Crippen molar-refractivity contribution in [1.82, 2.24) is 4.98 Å². The van der Waals surface area contributed by atoms with Gasteiger partial charge in [-0.25, -0.2) is 9.78 Å². The Morgan fingerprint density at radius 2 is 1.95 bits per heavy atom. The van der Waals surface area contributed by atoms with E-state index in [4.69, 9.17) is 4.74 Å². The number of carbonyl (C=O) groups excluding carboxylic acids is 1. The molecular weight excluding hydrogens is 308 g/mol. The lowest BCUT2D eigenvalue weighted by Crippen LogP contribution is -2.14. The highest BCUT2D eigenvalue weighted by Gasteiger charge is 2.04. The van der Waals surface area contributed by atoms with Gasteiger partial charge in [-0.2, -0.15) is 0 Å². The third-order valence-electron chi connectivity index (χ3n) is 2.42. The van der Waals surface area contributed by atoms with Crippen molar-refractivity contribution in [3.8, 4) is 0 Å². The molecule has 2 aromatic rings. The summed E-state index contributed by atoms with van der Waals surface area (Å²) < 4.78 is 5.09. The van der Waals surface area contributed by atoms with Crippen LogP contribution in [0.3, 0.4) is 0 Å². The maximum absolute atomic E-state index is 11.6. The van der Waals surface area contributed by atoms with Gasteiger partial charge in [-0.3, -0.25) is 5.32 Å². The van der Waals surface area contributed by atoms with E-state index in [0.717, 1.165) is 16.5 Å². The van der Waals surface area contributed by atoms with Crippen molar-refractivity contribution in [3.63, 3.8) is 0 Å². The Morgan fingerprint density at radius 1 is 1.16 bits per heavy atom. The summed E-state index contributed by atoms with van der Waals surface area (Å²) in [4.78, 5) is 15.7. The zero-order valence-corrected chi connectivity index (χ0v) is 11.8. The molecule has 1 N–H and O–H groups in total. The van der Waals surface area contributed by atoms with Crippen LogP contribution < -0.4 is 5.32 Å². The zero-order valence-electron chi connectivity index (χ0n) is 10.2. The number of anilines is 1. The average Bonchev–Trinajstić information content (AvgIpc) is 2.47. The number of nitrogens with zero attached hydrogens (tertiary/aromatic N) is 1. The molecule has 0 aliphatic rings. The third kappa shape index (κ3) is 4.37. The summed E-state index contributed by atoms with van der Waals surface area (Å²) >= 11 is 3.33. The molecule has 98 valence electrons. The van der Waals surface area contributed by atoms with Crippen molar-refractivity contribution in [2.75, 3.05) is 5.32 Å². The molecule has 0 saturated carbocycles. The number of ether oxygens (including phenoxy) is 1. The normalized spacial score (nSPS) is 9.95. The number of pyridine rings is 1. The van der Waals surface area contributed by atoms with E-state index in [-0.39, 0.29) is 6.61 Å². The third-order valence-corrected chi connectivity index (χ3v) is 3.07. The van der Waals surface area contributed by atoms with Crippen molar-refractivity contribution >= 4 is 27.8 Å². The molecule has 2 rings (SSSR count). The van der Waals surface area contributed by atoms with Gasteiger partial charge in [0.05, 0.1) is 0 Å². The molecule has 0 fully saturated rings. The molecule has 1 aromatic heterocycles. The standard InChI is InChI=1S/C14H13BrN2O2/c15-8-12-6-7-13(16-9-12)17-14(18)19-10-11-4-2-1-3-5-11/h1-7,9H,8,10H2,(H,16,17,18). The molecule has 0 spiro atoms. The van der Waals surface area contributed by atoms with E-state index in [9.17, 15) is 4.79 Å². The van der Waals surface area contributed by atoms with E-state index < -0.39 is 6.09 Å². The van der Waals surface area contributed by atoms with Crippen molar-refractivity contribution in [2.24, 2.45) is 0 Å². The SMILES string of the molecule is O=C(Nc1ccc(CBr)cn1)OCc1ccccc1. The maximum atomic E-state index is 11.6. The van der Waals surface area contributed by atoms with Gasteiger partial charge in [0, 0.05) is 11.5 Å². The fourth-order valence-electron chi connectivity index (χ4n) is 1.44. The molecule has 0 saturated heterocycles. The number of alkyl halides is 1. The molecular formula is C14H13BrN2O2. The molecule has 0 aliphatic carbocycles. The molecule has 0 bridgehead atoms. The van der Waals surface area contributed by atoms with Crippen LogP contribution in [0.5, 0.6) is 0 Å². The average molecular weight is 321 g/mol. The lowest BCUT2D eigenvalue weighted by Gasteiger charge is -2.06. The quantitative estimate of drug-likeness (QED) is 0.873. The Balaban J connectivity index is 1.83. The van der Waals surface area contributed by atoms with E-state index in [2.05, 4.69) is 26.2 Å². The number of aromatic nitrogens is 1. The highest BCUT2D eigenvalue weighted by Crippen LogP contribution is 2.09. The monoisotopic (exact) mass is 320 g/mol. The second-order valence-corrected chi connectivity index (χ2v) is 4.43. The number of nitrogens with one attached hydrogen (secondary N) is 1. The van der Waals surface area contributed by atoms with Crippen LogP contribution in [0.25, 0.3) is 0 Å². The molecule has 1 heterocycles. The Hall–Kier alpha value is -1.88. The first-order valence-electron chi connectivity index (χ1n) is 5.76. The molecule has 0 aliphatic heterocycles. The Morgan fingerprint density at radius 3 is 2.58 bits per heavy atom. The smallest absolute Gasteiger partial charge is 0.413 e. The number of carbonyl (C=O) groups is 1. The van der Waals surface area contributed by atoms with Crippen LogP contribution in [-0.2, 0) is 16.7 Å². The van der Waals surface area contributed by atoms with Crippen LogP contribution in [0.15, 0.2) is 48.7 Å². The summed E-state index contributed by atoms with van der Waals surface area (Å²) in [5.74, 6) is 0.475. The number of hydrogen-bond acceptors (Lipinski definition) is 3. The van der Waals surface area contributed by atoms with Gasteiger partial charge >= 0.3 is 6.09 Å². The van der Waals surface area contributed by atoms with E-state index in [1.165, 1.54) is 0 Å². The number of amides is 1. The van der Waals surface area contributed by atoms with Crippen molar-refractivity contribution in [2.45, 2.75) is 11.9 Å². The van der Waals surface area contributed by atoms with Crippen molar-refractivity contribution in [1.29, 1.82) is 0 Å². The Bertz CT molecular complexity index is 529. The highest BCUT2D eigenvalue weighted by molar-refractivity contribution is 9.08. The largest absolute Gasteiger partial charge is 0.444 e. The lowest BCUT2D eigenvalue weighted by molar-refractivity contribution is 0.155. The van der Waals surface area contributed by atoms with Gasteiger partial charge in [0.15, 0.2) is 0 Å². The van der Waals surface area contributed by atoms with E-state index in [0.29, 0.717) is 5.82 Å². The summed E-state index contributed by atoms with van der Waals surface area (Å²) in [6, 6.07) is 13.1. The molecule has 0 atom stereocenters. The summed E-state index contributed by atoms with van der Waals surface area (Å²) in [5, 5.41) is 3.31. The van der Waals surface area contributed by atoms with Crippen LogP contribution in [0.1, 0.15) is 11.1 Å². The number of hydrogen-bond donors (Lipinski definition) is 1. The predicted octanol–water partition coefficient (Wildman–Crippen LogP) is 3.73. The minimum absolute atomic E-state index is 0.242. The van der Waals surface area contributed by atoms with Crippen LogP contribution in [0.2, 0.25) is 0 Å². The van der Waals surface area contributed by atoms with E-state index in [1.807, 2.05) is 36.4 Å². The summed E-state index contributed by atoms with van der Waals surface area (Å²) in [6.07, 6.45) is 1.18. The van der Waals surface area contributed by atoms with Gasteiger partial charge < -0.3 is 4.74 Å². The second kappa shape index (κ2) is 6.89. The van der Waals surface area contributed by atoms with Gasteiger partial charge in [-0.05, 0) is 17.2 Å². The Labute approximate surface area is 119 Å². The molecule has 5 heteroatoms. The van der Waals surface area contributed by atoms with Gasteiger partial charge in [0.1, 0.15) is 12.4 Å². The van der Waals surface area contributed by atoms with Crippen LogP contribution in [0, 0.1) is 0 Å². The van der Waals surface area contributed by atoms with Gasteiger partial charge in [0.25, 0.3) is 0 Å². The second-order valence-electron chi connectivity index (χ2n) is 3.87. The first-order valence-corrected chi connectivity index (χ1v) is 6.88. The molecule has 4 nitrogen and oxygen atoms in total. The predicted molar refractivity (Wildman–Crippen MR) is 77.1 cm³/mol. The van der Waals surface area contributed by atoms with Crippen LogP contribution in [-0.4, -0.2) is 11.1 Å². The first-order chi connectivity index (χ1) is 9.28. The molecule has 1 aromatic carbocycles. The highest BCUT2D eigenvalue weighted by atomic mass is 79.9. The van der Waals surface area contributed by atoms with Gasteiger partial charge in [0.2, 0.25) is 0 Å². The molecule has 0 unspecified atom stereocenters. The Kier molecular flexibility index (Phi) is 4.92. The van der Waals surface area contributed by atoms with Gasteiger partial charge in [-0.15, -0.1) is 0 Å². The minimum atomic E-state index is -0.511. The fraction of sp³-hybridized carbons (Fsp3) is 0.143. The zero-order chi connectivity index (χ0) is 13.5.